The van der Waals surface area contributed by atoms with Crippen LogP contribution in [0.25, 0.3) is 11.2 Å². The van der Waals surface area contributed by atoms with Gasteiger partial charge in [-0.05, 0) is 30.5 Å². The molecule has 4 nitrogen and oxygen atoms in total. The lowest BCUT2D eigenvalue weighted by atomic mass is 9.96. The average molecular weight is 258 g/mol. The second-order valence-electron chi connectivity index (χ2n) is 6.65. The molecule has 1 atom stereocenters. The summed E-state index contributed by atoms with van der Waals surface area (Å²) in [5.41, 5.74) is 2.28. The third-order valence-corrected chi connectivity index (χ3v) is 3.59. The van der Waals surface area contributed by atoms with Gasteiger partial charge in [0.2, 0.25) is 0 Å². The molecule has 1 saturated heterocycles. The molecule has 3 rings (SSSR count). The van der Waals surface area contributed by atoms with Gasteiger partial charge in [-0.3, -0.25) is 0 Å². The quantitative estimate of drug-likeness (QED) is 0.900. The smallest absolute Gasteiger partial charge is 0.160 e. The van der Waals surface area contributed by atoms with Gasteiger partial charge in [0.1, 0.15) is 11.3 Å². The molecular weight excluding hydrogens is 236 g/mol. The van der Waals surface area contributed by atoms with E-state index in [0.29, 0.717) is 5.92 Å². The van der Waals surface area contributed by atoms with Gasteiger partial charge in [0.15, 0.2) is 5.65 Å². The van der Waals surface area contributed by atoms with Crippen molar-refractivity contribution in [2.24, 2.45) is 5.41 Å². The molecule has 1 aliphatic heterocycles. The Hall–Kier alpha value is -1.42. The predicted molar refractivity (Wildman–Crippen MR) is 77.2 cm³/mol. The molecule has 1 unspecified atom stereocenters. The fraction of sp³-hybridized carbons (Fsp3) is 0.600. The van der Waals surface area contributed by atoms with Crippen molar-refractivity contribution in [3.63, 3.8) is 0 Å². The van der Waals surface area contributed by atoms with Crippen LogP contribution in [0.3, 0.4) is 0 Å². The van der Waals surface area contributed by atoms with E-state index in [4.69, 9.17) is 4.98 Å². The monoisotopic (exact) mass is 258 g/mol. The lowest BCUT2D eigenvalue weighted by Crippen LogP contribution is -2.20. The van der Waals surface area contributed by atoms with Crippen molar-refractivity contribution in [3.8, 4) is 0 Å². The van der Waals surface area contributed by atoms with Crippen molar-refractivity contribution < 1.29 is 0 Å². The molecule has 2 aromatic rings. The normalized spacial score (nSPS) is 20.3. The Morgan fingerprint density at radius 1 is 1.42 bits per heavy atom. The van der Waals surface area contributed by atoms with Gasteiger partial charge in [-0.2, -0.15) is 0 Å². The number of fused-ring (bicyclic) bond motifs is 1. The molecule has 0 spiro atoms. The first-order valence-corrected chi connectivity index (χ1v) is 7.06. The SMILES string of the molecule is CC(C)(C)Cn1c(C2CCNC2)nc2cccnc21. The van der Waals surface area contributed by atoms with E-state index in [-0.39, 0.29) is 5.41 Å². The highest BCUT2D eigenvalue weighted by atomic mass is 15.1. The van der Waals surface area contributed by atoms with Crippen molar-refractivity contribution in [2.45, 2.75) is 39.7 Å². The van der Waals surface area contributed by atoms with Crippen molar-refractivity contribution in [1.29, 1.82) is 0 Å². The van der Waals surface area contributed by atoms with E-state index in [2.05, 4.69) is 41.7 Å². The minimum absolute atomic E-state index is 0.228. The second-order valence-corrected chi connectivity index (χ2v) is 6.65. The summed E-state index contributed by atoms with van der Waals surface area (Å²) in [7, 11) is 0. The third-order valence-electron chi connectivity index (χ3n) is 3.59. The Bertz CT molecular complexity index is 573. The molecule has 102 valence electrons. The Morgan fingerprint density at radius 3 is 2.95 bits per heavy atom. The largest absolute Gasteiger partial charge is 0.316 e. The molecule has 1 fully saturated rings. The van der Waals surface area contributed by atoms with Crippen LogP contribution in [0.1, 0.15) is 38.9 Å². The number of imidazole rings is 1. The molecule has 4 heteroatoms. The topological polar surface area (TPSA) is 42.7 Å². The van der Waals surface area contributed by atoms with Gasteiger partial charge in [-0.15, -0.1) is 0 Å². The molecular formula is C15H22N4. The van der Waals surface area contributed by atoms with E-state index in [1.165, 1.54) is 12.2 Å². The van der Waals surface area contributed by atoms with E-state index in [9.17, 15) is 0 Å². The first-order chi connectivity index (χ1) is 9.04. The minimum atomic E-state index is 0.228. The fourth-order valence-electron chi connectivity index (χ4n) is 2.79. The van der Waals surface area contributed by atoms with Gasteiger partial charge in [0.05, 0.1) is 0 Å². The van der Waals surface area contributed by atoms with Crippen LogP contribution in [0, 0.1) is 5.41 Å². The number of hydrogen-bond donors (Lipinski definition) is 1. The number of rotatable bonds is 2. The molecule has 2 aromatic heterocycles. The van der Waals surface area contributed by atoms with Gasteiger partial charge < -0.3 is 9.88 Å². The maximum atomic E-state index is 4.84. The van der Waals surface area contributed by atoms with E-state index < -0.39 is 0 Å². The maximum absolute atomic E-state index is 4.84. The van der Waals surface area contributed by atoms with Crippen LogP contribution >= 0.6 is 0 Å². The van der Waals surface area contributed by atoms with E-state index >= 15 is 0 Å². The number of hydrogen-bond acceptors (Lipinski definition) is 3. The predicted octanol–water partition coefficient (Wildman–Crippen LogP) is 2.55. The van der Waals surface area contributed by atoms with Gasteiger partial charge in [-0.25, -0.2) is 9.97 Å². The minimum Gasteiger partial charge on any atom is -0.316 e. The lowest BCUT2D eigenvalue weighted by Gasteiger charge is -2.22. The first-order valence-electron chi connectivity index (χ1n) is 7.06. The van der Waals surface area contributed by atoms with Gasteiger partial charge >= 0.3 is 0 Å². The standard InChI is InChI=1S/C15H22N4/c1-15(2,3)10-19-13(11-6-8-16-9-11)18-12-5-4-7-17-14(12)19/h4-5,7,11,16H,6,8-10H2,1-3H3. The van der Waals surface area contributed by atoms with Crippen molar-refractivity contribution in [2.75, 3.05) is 13.1 Å². The van der Waals surface area contributed by atoms with Crippen LogP contribution in [0.2, 0.25) is 0 Å². The summed E-state index contributed by atoms with van der Waals surface area (Å²) in [5, 5.41) is 3.43. The average Bonchev–Trinajstić information content (AvgIpc) is 2.95. The number of aromatic nitrogens is 3. The summed E-state index contributed by atoms with van der Waals surface area (Å²) in [5.74, 6) is 1.73. The molecule has 0 saturated carbocycles. The van der Waals surface area contributed by atoms with E-state index in [1.807, 2.05) is 12.3 Å². The Morgan fingerprint density at radius 2 is 2.26 bits per heavy atom. The lowest BCUT2D eigenvalue weighted by molar-refractivity contribution is 0.339. The van der Waals surface area contributed by atoms with Crippen LogP contribution in [0.5, 0.6) is 0 Å². The Balaban J connectivity index is 2.10. The van der Waals surface area contributed by atoms with Crippen LogP contribution in [0.4, 0.5) is 0 Å². The number of nitrogens with zero attached hydrogens (tertiary/aromatic N) is 3. The summed E-state index contributed by atoms with van der Waals surface area (Å²) >= 11 is 0. The zero-order valence-corrected chi connectivity index (χ0v) is 12.0. The molecule has 1 aliphatic rings. The highest BCUT2D eigenvalue weighted by Gasteiger charge is 2.25. The van der Waals surface area contributed by atoms with Crippen molar-refractivity contribution in [3.05, 3.63) is 24.2 Å². The number of pyridine rings is 1. The zero-order valence-electron chi connectivity index (χ0n) is 12.0. The van der Waals surface area contributed by atoms with Crippen molar-refractivity contribution in [1.82, 2.24) is 19.9 Å². The van der Waals surface area contributed by atoms with E-state index in [1.54, 1.807) is 0 Å². The Kier molecular flexibility index (Phi) is 3.05. The maximum Gasteiger partial charge on any atom is 0.160 e. The Labute approximate surface area is 114 Å². The molecule has 0 aromatic carbocycles. The summed E-state index contributed by atoms with van der Waals surface area (Å²) < 4.78 is 2.33. The first kappa shape index (κ1) is 12.6. The number of nitrogens with one attached hydrogen (secondary N) is 1. The molecule has 0 aliphatic carbocycles. The molecule has 0 bridgehead atoms. The fourth-order valence-corrected chi connectivity index (χ4v) is 2.79. The molecule has 0 radical (unpaired) electrons. The summed E-state index contributed by atoms with van der Waals surface area (Å²) in [6.07, 6.45) is 3.04. The van der Waals surface area contributed by atoms with Gasteiger partial charge in [-0.1, -0.05) is 20.8 Å². The van der Waals surface area contributed by atoms with Crippen molar-refractivity contribution >= 4 is 11.2 Å². The van der Waals surface area contributed by atoms with Crippen LogP contribution in [-0.4, -0.2) is 27.6 Å². The molecule has 3 heterocycles. The van der Waals surface area contributed by atoms with Crippen LogP contribution in [-0.2, 0) is 6.54 Å². The second kappa shape index (κ2) is 4.60. The summed E-state index contributed by atoms with van der Waals surface area (Å²) in [4.78, 5) is 9.38. The zero-order chi connectivity index (χ0) is 13.5. The molecule has 19 heavy (non-hydrogen) atoms. The molecule has 1 N–H and O–H groups in total. The molecule has 0 amide bonds. The van der Waals surface area contributed by atoms with E-state index in [0.717, 1.165) is 30.8 Å². The van der Waals surface area contributed by atoms with Gasteiger partial charge in [0, 0.05) is 25.2 Å². The summed E-state index contributed by atoms with van der Waals surface area (Å²) in [6.45, 7) is 9.88. The summed E-state index contributed by atoms with van der Waals surface area (Å²) in [6, 6.07) is 4.03. The van der Waals surface area contributed by atoms with Gasteiger partial charge in [0.25, 0.3) is 0 Å². The third kappa shape index (κ3) is 2.50. The van der Waals surface area contributed by atoms with Crippen LogP contribution < -0.4 is 5.32 Å². The highest BCUT2D eigenvalue weighted by Crippen LogP contribution is 2.28. The van der Waals surface area contributed by atoms with Crippen LogP contribution in [0.15, 0.2) is 18.3 Å². The highest BCUT2D eigenvalue weighted by molar-refractivity contribution is 5.71.